The molecule has 1 aromatic carbocycles. The first-order chi connectivity index (χ1) is 10.3. The lowest BCUT2D eigenvalue weighted by molar-refractivity contribution is -0.121. The molecule has 0 radical (unpaired) electrons. The zero-order chi connectivity index (χ0) is 14.9. The van der Waals surface area contributed by atoms with Gasteiger partial charge in [-0.1, -0.05) is 30.3 Å². The summed E-state index contributed by atoms with van der Waals surface area (Å²) >= 11 is 0. The van der Waals surface area contributed by atoms with Crippen molar-refractivity contribution in [2.75, 3.05) is 26.7 Å². The van der Waals surface area contributed by atoms with Gasteiger partial charge in [0.05, 0.1) is 6.61 Å². The molecule has 1 N–H and O–H groups in total. The van der Waals surface area contributed by atoms with Crippen LogP contribution in [0, 0.1) is 0 Å². The summed E-state index contributed by atoms with van der Waals surface area (Å²) in [7, 11) is 2.13. The smallest absolute Gasteiger partial charge is 0.220 e. The summed E-state index contributed by atoms with van der Waals surface area (Å²) < 4.78 is 5.58. The van der Waals surface area contributed by atoms with E-state index in [1.165, 1.54) is 18.4 Å². The summed E-state index contributed by atoms with van der Waals surface area (Å²) in [6.45, 7) is 3.18. The fourth-order valence-corrected chi connectivity index (χ4v) is 2.66. The number of nitrogens with zero attached hydrogens (tertiary/aromatic N) is 1. The number of ether oxygens (including phenoxy) is 1. The third-order valence-corrected chi connectivity index (χ3v) is 4.01. The molecule has 2 rings (SSSR count). The summed E-state index contributed by atoms with van der Waals surface area (Å²) in [4.78, 5) is 14.1. The molecule has 116 valence electrons. The average molecular weight is 290 g/mol. The highest BCUT2D eigenvalue weighted by molar-refractivity contribution is 5.75. The minimum atomic E-state index is 0.138. The molecule has 1 aliphatic rings. The zero-order valence-corrected chi connectivity index (χ0v) is 12.9. The maximum atomic E-state index is 11.8. The van der Waals surface area contributed by atoms with Crippen LogP contribution in [0.25, 0.3) is 0 Å². The Balaban J connectivity index is 1.49. The lowest BCUT2D eigenvalue weighted by Gasteiger charge is -2.19. The second-order valence-electron chi connectivity index (χ2n) is 5.72. The molecular formula is C17H26N2O2. The number of hydrogen-bond donors (Lipinski definition) is 1. The van der Waals surface area contributed by atoms with Crippen LogP contribution in [0.15, 0.2) is 30.3 Å². The lowest BCUT2D eigenvalue weighted by Crippen LogP contribution is -2.38. The number of likely N-dealkylation sites (N-methyl/N-ethyl adjacent to an activating group) is 1. The van der Waals surface area contributed by atoms with Crippen LogP contribution in [0.4, 0.5) is 0 Å². The Bertz CT molecular complexity index is 422. The molecule has 0 aromatic heterocycles. The Morgan fingerprint density at radius 3 is 2.90 bits per heavy atom. The molecule has 0 aliphatic carbocycles. The Labute approximate surface area is 127 Å². The van der Waals surface area contributed by atoms with Crippen molar-refractivity contribution in [3.05, 3.63) is 35.9 Å². The molecule has 0 saturated carbocycles. The van der Waals surface area contributed by atoms with E-state index in [0.717, 1.165) is 19.5 Å². The third-order valence-electron chi connectivity index (χ3n) is 4.01. The van der Waals surface area contributed by atoms with Crippen LogP contribution in [0.1, 0.15) is 31.2 Å². The van der Waals surface area contributed by atoms with Crippen molar-refractivity contribution in [3.8, 4) is 0 Å². The lowest BCUT2D eigenvalue weighted by atomic mass is 10.2. The molecule has 1 fully saturated rings. The predicted octanol–water partition coefficient (Wildman–Crippen LogP) is 2.19. The van der Waals surface area contributed by atoms with E-state index < -0.39 is 0 Å². The van der Waals surface area contributed by atoms with E-state index in [1.54, 1.807) is 0 Å². The highest BCUT2D eigenvalue weighted by Crippen LogP contribution is 2.13. The van der Waals surface area contributed by atoms with E-state index in [1.807, 2.05) is 30.3 Å². The SMILES string of the molecule is CN1CCC[C@@H]1CNC(=O)CCCOCc1ccccc1. The maximum absolute atomic E-state index is 11.8. The van der Waals surface area contributed by atoms with Gasteiger partial charge < -0.3 is 15.0 Å². The average Bonchev–Trinajstić information content (AvgIpc) is 2.91. The first kappa shape index (κ1) is 16.0. The zero-order valence-electron chi connectivity index (χ0n) is 12.9. The summed E-state index contributed by atoms with van der Waals surface area (Å²) in [5, 5.41) is 3.03. The molecule has 0 unspecified atom stereocenters. The van der Waals surface area contributed by atoms with Gasteiger partial charge in [0.1, 0.15) is 0 Å². The molecule has 1 atom stereocenters. The van der Waals surface area contributed by atoms with Crippen LogP contribution < -0.4 is 5.32 Å². The van der Waals surface area contributed by atoms with Crippen LogP contribution in [0.5, 0.6) is 0 Å². The van der Waals surface area contributed by atoms with Gasteiger partial charge in [-0.05, 0) is 38.4 Å². The molecule has 0 spiro atoms. The van der Waals surface area contributed by atoms with Crippen molar-refractivity contribution in [3.63, 3.8) is 0 Å². The molecule has 21 heavy (non-hydrogen) atoms. The molecule has 1 aliphatic heterocycles. The predicted molar refractivity (Wildman–Crippen MR) is 84.0 cm³/mol. The standard InChI is InChI=1S/C17H26N2O2/c1-19-11-5-9-16(19)13-18-17(20)10-6-12-21-14-15-7-3-2-4-8-15/h2-4,7-8,16H,5-6,9-14H2,1H3,(H,18,20)/t16-/m1/s1. The molecule has 4 nitrogen and oxygen atoms in total. The number of carbonyl (C=O) groups is 1. The number of carbonyl (C=O) groups excluding carboxylic acids is 1. The highest BCUT2D eigenvalue weighted by Gasteiger charge is 2.20. The topological polar surface area (TPSA) is 41.6 Å². The summed E-state index contributed by atoms with van der Waals surface area (Å²) in [5.41, 5.74) is 1.17. The largest absolute Gasteiger partial charge is 0.377 e. The fourth-order valence-electron chi connectivity index (χ4n) is 2.66. The van der Waals surface area contributed by atoms with Gasteiger partial charge in [-0.2, -0.15) is 0 Å². The summed E-state index contributed by atoms with van der Waals surface area (Å²) in [6.07, 6.45) is 3.76. The van der Waals surface area contributed by atoms with Crippen molar-refractivity contribution in [2.24, 2.45) is 0 Å². The second-order valence-corrected chi connectivity index (χ2v) is 5.72. The first-order valence-electron chi connectivity index (χ1n) is 7.84. The number of benzene rings is 1. The molecule has 1 amide bonds. The van der Waals surface area contributed by atoms with E-state index in [-0.39, 0.29) is 5.91 Å². The van der Waals surface area contributed by atoms with E-state index in [9.17, 15) is 4.79 Å². The van der Waals surface area contributed by atoms with Crippen molar-refractivity contribution in [1.82, 2.24) is 10.2 Å². The van der Waals surface area contributed by atoms with E-state index in [2.05, 4.69) is 17.3 Å². The summed E-state index contributed by atoms with van der Waals surface area (Å²) in [6, 6.07) is 10.6. The van der Waals surface area contributed by atoms with E-state index in [4.69, 9.17) is 4.74 Å². The minimum Gasteiger partial charge on any atom is -0.377 e. The molecule has 0 bridgehead atoms. The van der Waals surface area contributed by atoms with Crippen molar-refractivity contribution >= 4 is 5.91 Å². The monoisotopic (exact) mass is 290 g/mol. The van der Waals surface area contributed by atoms with Crippen molar-refractivity contribution in [2.45, 2.75) is 38.3 Å². The maximum Gasteiger partial charge on any atom is 0.220 e. The Morgan fingerprint density at radius 1 is 1.38 bits per heavy atom. The van der Waals surface area contributed by atoms with Crippen LogP contribution in [-0.4, -0.2) is 43.6 Å². The number of hydrogen-bond acceptors (Lipinski definition) is 3. The highest BCUT2D eigenvalue weighted by atomic mass is 16.5. The number of amides is 1. The number of nitrogens with one attached hydrogen (secondary N) is 1. The van der Waals surface area contributed by atoms with Gasteiger partial charge in [0, 0.05) is 25.6 Å². The van der Waals surface area contributed by atoms with E-state index >= 15 is 0 Å². The second kappa shape index (κ2) is 8.80. The van der Waals surface area contributed by atoms with Crippen LogP contribution in [-0.2, 0) is 16.1 Å². The fraction of sp³-hybridized carbons (Fsp3) is 0.588. The quantitative estimate of drug-likeness (QED) is 0.746. The Morgan fingerprint density at radius 2 is 2.19 bits per heavy atom. The molecule has 4 heteroatoms. The van der Waals surface area contributed by atoms with Crippen LogP contribution >= 0.6 is 0 Å². The normalized spacial score (nSPS) is 18.8. The molecule has 1 heterocycles. The van der Waals surface area contributed by atoms with Gasteiger partial charge in [-0.3, -0.25) is 4.79 Å². The van der Waals surface area contributed by atoms with Gasteiger partial charge in [-0.15, -0.1) is 0 Å². The van der Waals surface area contributed by atoms with Gasteiger partial charge in [0.25, 0.3) is 0 Å². The molecular weight excluding hydrogens is 264 g/mol. The molecule has 1 aromatic rings. The Hall–Kier alpha value is -1.39. The third kappa shape index (κ3) is 5.86. The first-order valence-corrected chi connectivity index (χ1v) is 7.84. The number of likely N-dealkylation sites (tertiary alicyclic amines) is 1. The van der Waals surface area contributed by atoms with Crippen LogP contribution in [0.3, 0.4) is 0 Å². The van der Waals surface area contributed by atoms with E-state index in [0.29, 0.717) is 25.7 Å². The van der Waals surface area contributed by atoms with Crippen molar-refractivity contribution < 1.29 is 9.53 Å². The minimum absolute atomic E-state index is 0.138. The van der Waals surface area contributed by atoms with Gasteiger partial charge in [-0.25, -0.2) is 0 Å². The van der Waals surface area contributed by atoms with Gasteiger partial charge >= 0.3 is 0 Å². The summed E-state index contributed by atoms with van der Waals surface area (Å²) in [5.74, 6) is 0.138. The Kier molecular flexibility index (Phi) is 6.70. The van der Waals surface area contributed by atoms with Gasteiger partial charge in [0.2, 0.25) is 5.91 Å². The van der Waals surface area contributed by atoms with Crippen LogP contribution in [0.2, 0.25) is 0 Å². The van der Waals surface area contributed by atoms with Crippen molar-refractivity contribution in [1.29, 1.82) is 0 Å². The number of rotatable bonds is 8. The molecule has 1 saturated heterocycles. The van der Waals surface area contributed by atoms with Gasteiger partial charge in [0.15, 0.2) is 0 Å².